The molecule has 0 atom stereocenters. The third kappa shape index (κ3) is 3.48. The zero-order chi connectivity index (χ0) is 19.8. The number of anilines is 3. The molecule has 0 bridgehead atoms. The number of H-pyrrole nitrogens is 2. The van der Waals surface area contributed by atoms with Crippen LogP contribution in [0.15, 0.2) is 60.9 Å². The Kier molecular flexibility index (Phi) is 4.10. The van der Waals surface area contributed by atoms with Gasteiger partial charge in [0, 0.05) is 40.2 Å². The summed E-state index contributed by atoms with van der Waals surface area (Å²) in [4.78, 5) is 22.7. The first kappa shape index (κ1) is 17.2. The van der Waals surface area contributed by atoms with E-state index in [0.717, 1.165) is 39.2 Å². The summed E-state index contributed by atoms with van der Waals surface area (Å²) in [5.41, 5.74) is 10.6. The van der Waals surface area contributed by atoms with Gasteiger partial charge in [-0.25, -0.2) is 4.98 Å². The summed E-state index contributed by atoms with van der Waals surface area (Å²) in [6.45, 7) is 0. The van der Waals surface area contributed by atoms with E-state index in [9.17, 15) is 0 Å². The summed E-state index contributed by atoms with van der Waals surface area (Å²) < 4.78 is 0. The van der Waals surface area contributed by atoms with Crippen LogP contribution < -0.4 is 11.1 Å². The molecule has 9 heteroatoms. The Balaban J connectivity index is 1.41. The lowest BCUT2D eigenvalue weighted by Crippen LogP contribution is -2.03. The molecule has 0 fully saturated rings. The molecule has 0 saturated carbocycles. The number of nitrogens with zero attached hydrogens (tertiary/aromatic N) is 4. The first-order valence-corrected chi connectivity index (χ1v) is 9.19. The maximum Gasteiger partial charge on any atom is 0.233 e. The van der Waals surface area contributed by atoms with Crippen LogP contribution >= 0.6 is 11.6 Å². The van der Waals surface area contributed by atoms with Gasteiger partial charge in [0.05, 0.1) is 0 Å². The molecule has 0 saturated heterocycles. The number of fused-ring (bicyclic) bond motifs is 1. The van der Waals surface area contributed by atoms with Gasteiger partial charge >= 0.3 is 0 Å². The van der Waals surface area contributed by atoms with Crippen molar-refractivity contribution in [3.63, 3.8) is 0 Å². The summed E-state index contributed by atoms with van der Waals surface area (Å²) in [5, 5.41) is 4.24. The van der Waals surface area contributed by atoms with Gasteiger partial charge in [-0.1, -0.05) is 24.3 Å². The summed E-state index contributed by atoms with van der Waals surface area (Å²) in [5.74, 6) is 1.21. The molecule has 3 heterocycles. The van der Waals surface area contributed by atoms with E-state index in [1.54, 1.807) is 6.20 Å². The summed E-state index contributed by atoms with van der Waals surface area (Å²) >= 11 is 5.81. The van der Waals surface area contributed by atoms with E-state index in [1.807, 2.05) is 30.5 Å². The Morgan fingerprint density at radius 2 is 1.76 bits per heavy atom. The average molecular weight is 403 g/mol. The highest BCUT2D eigenvalue weighted by atomic mass is 35.5. The number of aromatic nitrogens is 6. The molecule has 0 amide bonds. The fourth-order valence-corrected chi connectivity index (χ4v) is 3.30. The minimum Gasteiger partial charge on any atom is -0.368 e. The second-order valence-electron chi connectivity index (χ2n) is 6.41. The van der Waals surface area contributed by atoms with Gasteiger partial charge in [0.15, 0.2) is 0 Å². The largest absolute Gasteiger partial charge is 0.368 e. The van der Waals surface area contributed by atoms with Crippen molar-refractivity contribution in [3.05, 3.63) is 66.2 Å². The number of aromatic amines is 2. The third-order valence-electron chi connectivity index (χ3n) is 4.47. The predicted molar refractivity (Wildman–Crippen MR) is 114 cm³/mol. The Hall–Kier alpha value is -3.91. The highest BCUT2D eigenvalue weighted by Crippen LogP contribution is 2.28. The zero-order valence-electron chi connectivity index (χ0n) is 15.0. The van der Waals surface area contributed by atoms with E-state index in [1.165, 1.54) is 0 Å². The first-order chi connectivity index (χ1) is 14.1. The number of nitrogens with two attached hydrogens (primary N) is 1. The molecule has 2 aromatic carbocycles. The molecule has 3 aromatic heterocycles. The van der Waals surface area contributed by atoms with Crippen molar-refractivity contribution in [3.8, 4) is 22.6 Å². The van der Waals surface area contributed by atoms with Gasteiger partial charge in [-0.15, -0.1) is 0 Å². The molecule has 0 aliphatic rings. The average Bonchev–Trinajstić information content (AvgIpc) is 3.37. The number of benzene rings is 2. The van der Waals surface area contributed by atoms with E-state index < -0.39 is 0 Å². The molecule has 142 valence electrons. The molecule has 29 heavy (non-hydrogen) atoms. The van der Waals surface area contributed by atoms with Crippen LogP contribution in [0.3, 0.4) is 0 Å². The number of imidazole rings is 1. The maximum atomic E-state index is 5.81. The summed E-state index contributed by atoms with van der Waals surface area (Å²) in [6.07, 6.45) is 3.56. The maximum absolute atomic E-state index is 5.81. The topological polar surface area (TPSA) is 121 Å². The van der Waals surface area contributed by atoms with Crippen LogP contribution in [0.2, 0.25) is 5.28 Å². The number of rotatable bonds is 4. The molecule has 5 N–H and O–H groups in total. The lowest BCUT2D eigenvalue weighted by atomic mass is 10.1. The summed E-state index contributed by atoms with van der Waals surface area (Å²) in [7, 11) is 0. The van der Waals surface area contributed by atoms with Crippen LogP contribution in [0.1, 0.15) is 0 Å². The van der Waals surface area contributed by atoms with Gasteiger partial charge in [0.1, 0.15) is 5.82 Å². The molecule has 0 radical (unpaired) electrons. The predicted octanol–water partition coefficient (Wildman–Crippen LogP) is 4.39. The standard InChI is InChI=1S/C20H15ClN8/c21-18-27-19(22)29-20(28-18)25-14-5-3-11(4-6-14)15-9-12-1-2-13(10-16(12)26-15)17-23-7-8-24-17/h1-10,26H,(H,23,24)(H3,22,25,27,28,29). The van der Waals surface area contributed by atoms with Gasteiger partial charge in [-0.05, 0) is 41.4 Å². The van der Waals surface area contributed by atoms with E-state index in [2.05, 4.69) is 59.5 Å². The van der Waals surface area contributed by atoms with Crippen molar-refractivity contribution in [2.45, 2.75) is 0 Å². The molecular weight excluding hydrogens is 388 g/mol. The molecule has 0 unspecified atom stereocenters. The van der Waals surface area contributed by atoms with Crippen LogP contribution in [0.25, 0.3) is 33.5 Å². The highest BCUT2D eigenvalue weighted by Gasteiger charge is 2.08. The van der Waals surface area contributed by atoms with Crippen LogP contribution in [0.5, 0.6) is 0 Å². The van der Waals surface area contributed by atoms with Gasteiger partial charge in [-0.2, -0.15) is 15.0 Å². The monoisotopic (exact) mass is 402 g/mol. The number of nitrogen functional groups attached to an aromatic ring is 1. The number of halogens is 1. The minimum absolute atomic E-state index is 0.0450. The molecule has 0 aliphatic carbocycles. The molecule has 5 aromatic rings. The SMILES string of the molecule is Nc1nc(Cl)nc(Nc2ccc(-c3cc4ccc(-c5ncc[nH]5)cc4[nH]3)cc2)n1. The fraction of sp³-hybridized carbons (Fsp3) is 0. The second kappa shape index (κ2) is 6.92. The Morgan fingerprint density at radius 3 is 2.52 bits per heavy atom. The summed E-state index contributed by atoms with van der Waals surface area (Å²) in [6, 6.07) is 16.2. The van der Waals surface area contributed by atoms with Crippen LogP contribution in [-0.2, 0) is 0 Å². The van der Waals surface area contributed by atoms with Gasteiger partial charge in [0.25, 0.3) is 0 Å². The van der Waals surface area contributed by atoms with Crippen LogP contribution in [-0.4, -0.2) is 29.9 Å². The van der Waals surface area contributed by atoms with E-state index in [-0.39, 0.29) is 11.2 Å². The lowest BCUT2D eigenvalue weighted by molar-refractivity contribution is 1.07. The van der Waals surface area contributed by atoms with Crippen LogP contribution in [0, 0.1) is 0 Å². The van der Waals surface area contributed by atoms with E-state index in [4.69, 9.17) is 17.3 Å². The number of hydrogen-bond donors (Lipinski definition) is 4. The Labute approximate surface area is 170 Å². The molecular formula is C20H15ClN8. The van der Waals surface area contributed by atoms with Crippen molar-refractivity contribution < 1.29 is 0 Å². The molecule has 0 spiro atoms. The minimum atomic E-state index is 0.0450. The Morgan fingerprint density at radius 1 is 0.931 bits per heavy atom. The van der Waals surface area contributed by atoms with Crippen molar-refractivity contribution in [2.75, 3.05) is 11.1 Å². The highest BCUT2D eigenvalue weighted by molar-refractivity contribution is 6.28. The van der Waals surface area contributed by atoms with E-state index >= 15 is 0 Å². The van der Waals surface area contributed by atoms with Gasteiger partial charge in [0.2, 0.25) is 17.2 Å². The van der Waals surface area contributed by atoms with Crippen molar-refractivity contribution in [1.82, 2.24) is 29.9 Å². The molecule has 5 rings (SSSR count). The first-order valence-electron chi connectivity index (χ1n) is 8.81. The van der Waals surface area contributed by atoms with Gasteiger partial charge in [-0.3, -0.25) is 0 Å². The number of hydrogen-bond acceptors (Lipinski definition) is 6. The van der Waals surface area contributed by atoms with Crippen molar-refractivity contribution in [2.24, 2.45) is 0 Å². The fourth-order valence-electron chi connectivity index (χ4n) is 3.14. The molecule has 0 aliphatic heterocycles. The quantitative estimate of drug-likeness (QED) is 0.353. The van der Waals surface area contributed by atoms with Crippen LogP contribution in [0.4, 0.5) is 17.6 Å². The Bertz CT molecular complexity index is 1270. The normalized spacial score (nSPS) is 11.1. The lowest BCUT2D eigenvalue weighted by Gasteiger charge is -2.06. The van der Waals surface area contributed by atoms with Gasteiger partial charge < -0.3 is 21.0 Å². The molecule has 8 nitrogen and oxygen atoms in total. The zero-order valence-corrected chi connectivity index (χ0v) is 15.8. The number of nitrogens with one attached hydrogen (secondary N) is 3. The smallest absolute Gasteiger partial charge is 0.233 e. The third-order valence-corrected chi connectivity index (χ3v) is 4.64. The second-order valence-corrected chi connectivity index (χ2v) is 6.75. The van der Waals surface area contributed by atoms with E-state index in [0.29, 0.717) is 5.95 Å². The van der Waals surface area contributed by atoms with Crippen molar-refractivity contribution in [1.29, 1.82) is 0 Å². The van der Waals surface area contributed by atoms with Crippen molar-refractivity contribution >= 4 is 40.1 Å².